The maximum absolute atomic E-state index is 12.2. The zero-order chi connectivity index (χ0) is 20.6. The number of hydrogen-bond acceptors (Lipinski definition) is 7. The minimum Gasteiger partial charge on any atom is -0.508 e. The number of anilines is 1. The summed E-state index contributed by atoms with van der Waals surface area (Å²) in [4.78, 5) is 24.3. The van der Waals surface area contributed by atoms with Gasteiger partial charge in [-0.3, -0.25) is 9.59 Å². The minimum absolute atomic E-state index is 0.0129. The number of ether oxygens (including phenoxy) is 1. The zero-order valence-corrected chi connectivity index (χ0v) is 16.5. The quantitative estimate of drug-likeness (QED) is 0.478. The lowest BCUT2D eigenvalue weighted by Crippen LogP contribution is -2.28. The molecule has 1 unspecified atom stereocenters. The van der Waals surface area contributed by atoms with Gasteiger partial charge in [-0.05, 0) is 48.9 Å². The number of carbonyl (C=O) groups excluding carboxylic acids is 2. The lowest BCUT2D eigenvalue weighted by molar-refractivity contribution is -0.122. The van der Waals surface area contributed by atoms with Crippen LogP contribution in [0.3, 0.4) is 0 Å². The molecule has 0 aliphatic carbocycles. The number of phenols is 1. The van der Waals surface area contributed by atoms with Gasteiger partial charge in [0.1, 0.15) is 16.7 Å². The summed E-state index contributed by atoms with van der Waals surface area (Å²) in [5.74, 6) is 0.293. The first-order chi connectivity index (χ1) is 14.0. The number of thioether (sulfide) groups is 1. The van der Waals surface area contributed by atoms with Crippen LogP contribution in [0.2, 0.25) is 0 Å². The van der Waals surface area contributed by atoms with Gasteiger partial charge in [0, 0.05) is 12.1 Å². The fraction of sp³-hybridized carbons (Fsp3) is 0.200. The van der Waals surface area contributed by atoms with E-state index in [4.69, 9.17) is 4.74 Å². The summed E-state index contributed by atoms with van der Waals surface area (Å²) in [5.41, 5.74) is 1.31. The smallest absolute Gasteiger partial charge is 0.240 e. The van der Waals surface area contributed by atoms with E-state index in [1.54, 1.807) is 42.5 Å². The molecule has 2 aromatic rings. The van der Waals surface area contributed by atoms with Crippen LogP contribution in [-0.4, -0.2) is 40.2 Å². The molecule has 3 rings (SSSR count). The number of rotatable bonds is 7. The van der Waals surface area contributed by atoms with Crippen molar-refractivity contribution in [1.82, 2.24) is 5.32 Å². The second kappa shape index (κ2) is 9.74. The number of carbonyl (C=O) groups is 2. The van der Waals surface area contributed by atoms with Gasteiger partial charge in [-0.25, -0.2) is 0 Å². The molecule has 1 atom stereocenters. The predicted octanol–water partition coefficient (Wildman–Crippen LogP) is 2.74. The summed E-state index contributed by atoms with van der Waals surface area (Å²) >= 11 is 1.15. The van der Waals surface area contributed by atoms with Crippen molar-refractivity contribution in [3.8, 4) is 11.5 Å². The maximum Gasteiger partial charge on any atom is 0.240 e. The van der Waals surface area contributed by atoms with Crippen LogP contribution in [0, 0.1) is 0 Å². The molecule has 2 aromatic carbocycles. The van der Waals surface area contributed by atoms with Gasteiger partial charge < -0.3 is 20.5 Å². The topological polar surface area (TPSA) is 112 Å². The number of hydrogen-bond donors (Lipinski definition) is 3. The van der Waals surface area contributed by atoms with Crippen molar-refractivity contribution in [3.05, 3.63) is 54.1 Å². The molecule has 0 saturated carbocycles. The van der Waals surface area contributed by atoms with Crippen molar-refractivity contribution in [1.29, 1.82) is 0 Å². The molecule has 9 heteroatoms. The SMILES string of the molecule is CCOc1ccc(NC(=O)CC2S/C(=N/N=C/c3cccc(O)c3)NC2=O)cc1. The first-order valence-electron chi connectivity index (χ1n) is 8.94. The molecule has 29 heavy (non-hydrogen) atoms. The van der Waals surface area contributed by atoms with Gasteiger partial charge in [0.2, 0.25) is 11.8 Å². The van der Waals surface area contributed by atoms with Crippen molar-refractivity contribution < 1.29 is 19.4 Å². The number of phenolic OH excluding ortho intramolecular Hbond substituents is 1. The highest BCUT2D eigenvalue weighted by Crippen LogP contribution is 2.23. The highest BCUT2D eigenvalue weighted by Gasteiger charge is 2.32. The van der Waals surface area contributed by atoms with E-state index < -0.39 is 5.25 Å². The highest BCUT2D eigenvalue weighted by molar-refractivity contribution is 8.15. The van der Waals surface area contributed by atoms with Crippen molar-refractivity contribution in [3.63, 3.8) is 0 Å². The molecule has 0 aromatic heterocycles. The molecule has 2 amide bonds. The Morgan fingerprint density at radius 3 is 2.83 bits per heavy atom. The number of amidine groups is 1. The van der Waals surface area contributed by atoms with E-state index in [1.807, 2.05) is 6.92 Å². The number of nitrogens with zero attached hydrogens (tertiary/aromatic N) is 2. The van der Waals surface area contributed by atoms with E-state index in [9.17, 15) is 14.7 Å². The van der Waals surface area contributed by atoms with E-state index in [0.717, 1.165) is 17.5 Å². The molecule has 0 bridgehead atoms. The van der Waals surface area contributed by atoms with Crippen LogP contribution in [0.5, 0.6) is 11.5 Å². The van der Waals surface area contributed by atoms with Crippen molar-refractivity contribution in [2.24, 2.45) is 10.2 Å². The Labute approximate surface area is 172 Å². The van der Waals surface area contributed by atoms with E-state index >= 15 is 0 Å². The maximum atomic E-state index is 12.2. The van der Waals surface area contributed by atoms with Gasteiger partial charge in [-0.1, -0.05) is 23.9 Å². The molecule has 0 radical (unpaired) electrons. The Morgan fingerprint density at radius 2 is 2.10 bits per heavy atom. The minimum atomic E-state index is -0.576. The monoisotopic (exact) mass is 412 g/mol. The standard InChI is InChI=1S/C20H20N4O4S/c1-2-28-16-8-6-14(7-9-16)22-18(26)11-17-19(27)23-20(29-17)24-21-12-13-4-3-5-15(25)10-13/h3-10,12,17,25H,2,11H2,1H3,(H,22,26)(H,23,24,27)/b21-12+. The molecule has 1 fully saturated rings. The van der Waals surface area contributed by atoms with E-state index in [1.165, 1.54) is 12.3 Å². The molecule has 1 aliphatic rings. The summed E-state index contributed by atoms with van der Waals surface area (Å²) in [6.45, 7) is 2.47. The Hall–Kier alpha value is -3.33. The molecular formula is C20H20N4O4S. The van der Waals surface area contributed by atoms with Gasteiger partial charge in [0.15, 0.2) is 5.17 Å². The third-order valence-electron chi connectivity index (χ3n) is 3.82. The summed E-state index contributed by atoms with van der Waals surface area (Å²) in [7, 11) is 0. The molecule has 0 spiro atoms. The van der Waals surface area contributed by atoms with Crippen LogP contribution < -0.4 is 15.4 Å². The summed E-state index contributed by atoms with van der Waals surface area (Å²) in [6, 6.07) is 13.6. The van der Waals surface area contributed by atoms with Crippen molar-refractivity contribution >= 4 is 40.6 Å². The first kappa shape index (κ1) is 20.4. The average molecular weight is 412 g/mol. The van der Waals surface area contributed by atoms with Crippen molar-refractivity contribution in [2.75, 3.05) is 11.9 Å². The molecule has 1 heterocycles. The fourth-order valence-corrected chi connectivity index (χ4v) is 3.45. The van der Waals surface area contributed by atoms with Crippen molar-refractivity contribution in [2.45, 2.75) is 18.6 Å². The van der Waals surface area contributed by atoms with Gasteiger partial charge in [0.05, 0.1) is 12.8 Å². The van der Waals surface area contributed by atoms with Gasteiger partial charge in [-0.2, -0.15) is 5.10 Å². The Kier molecular flexibility index (Phi) is 6.85. The van der Waals surface area contributed by atoms with Crippen LogP contribution in [0.1, 0.15) is 18.9 Å². The van der Waals surface area contributed by atoms with E-state index in [0.29, 0.717) is 23.0 Å². The Bertz CT molecular complexity index is 944. The number of nitrogens with one attached hydrogen (secondary N) is 2. The normalized spacial score (nSPS) is 17.5. The predicted molar refractivity (Wildman–Crippen MR) is 114 cm³/mol. The number of benzene rings is 2. The number of amides is 2. The second-order valence-corrected chi connectivity index (χ2v) is 7.24. The van der Waals surface area contributed by atoms with Gasteiger partial charge in [-0.15, -0.1) is 5.10 Å². The van der Waals surface area contributed by atoms with Crippen LogP contribution in [0.4, 0.5) is 5.69 Å². The second-order valence-electron chi connectivity index (χ2n) is 6.05. The lowest BCUT2D eigenvalue weighted by Gasteiger charge is -2.08. The number of aromatic hydroxyl groups is 1. The molecule has 8 nitrogen and oxygen atoms in total. The molecule has 1 saturated heterocycles. The summed E-state index contributed by atoms with van der Waals surface area (Å²) < 4.78 is 5.36. The largest absolute Gasteiger partial charge is 0.508 e. The molecule has 1 aliphatic heterocycles. The van der Waals surface area contributed by atoms with Crippen LogP contribution in [0.25, 0.3) is 0 Å². The van der Waals surface area contributed by atoms with E-state index in [2.05, 4.69) is 20.8 Å². The van der Waals surface area contributed by atoms with Crippen LogP contribution in [0.15, 0.2) is 58.7 Å². The first-order valence-corrected chi connectivity index (χ1v) is 9.81. The van der Waals surface area contributed by atoms with E-state index in [-0.39, 0.29) is 24.0 Å². The third-order valence-corrected chi connectivity index (χ3v) is 4.89. The van der Waals surface area contributed by atoms with Crippen LogP contribution >= 0.6 is 11.8 Å². The Morgan fingerprint density at radius 1 is 1.31 bits per heavy atom. The Balaban J connectivity index is 1.52. The lowest BCUT2D eigenvalue weighted by atomic mass is 10.2. The van der Waals surface area contributed by atoms with Gasteiger partial charge >= 0.3 is 0 Å². The molecule has 3 N–H and O–H groups in total. The third kappa shape index (κ3) is 6.08. The fourth-order valence-electron chi connectivity index (χ4n) is 2.52. The molecule has 150 valence electrons. The molecular weight excluding hydrogens is 392 g/mol. The summed E-state index contributed by atoms with van der Waals surface area (Å²) in [6.07, 6.45) is 1.48. The van der Waals surface area contributed by atoms with Crippen LogP contribution in [-0.2, 0) is 9.59 Å². The summed E-state index contributed by atoms with van der Waals surface area (Å²) in [5, 5.41) is 22.4. The zero-order valence-electron chi connectivity index (χ0n) is 15.7. The highest BCUT2D eigenvalue weighted by atomic mass is 32.2. The average Bonchev–Trinajstić information content (AvgIpc) is 3.03. The van der Waals surface area contributed by atoms with Gasteiger partial charge in [0.25, 0.3) is 0 Å².